The molecule has 0 aliphatic carbocycles. The molecule has 4 rings (SSSR count). The number of hydrogen-bond donors (Lipinski definition) is 3. The van der Waals surface area contributed by atoms with E-state index < -0.39 is 17.1 Å². The van der Waals surface area contributed by atoms with Crippen LogP contribution in [-0.2, 0) is 9.59 Å². The first kappa shape index (κ1) is 32.6. The molecule has 10 heteroatoms. The third-order valence-corrected chi connectivity index (χ3v) is 7.67. The van der Waals surface area contributed by atoms with Crippen LogP contribution in [0.2, 0.25) is 0 Å². The van der Waals surface area contributed by atoms with E-state index in [1.807, 2.05) is 6.07 Å². The largest absolute Gasteiger partial charge is 0.493 e. The van der Waals surface area contributed by atoms with Gasteiger partial charge < -0.3 is 25.4 Å². The Morgan fingerprint density at radius 3 is 2.11 bits per heavy atom. The summed E-state index contributed by atoms with van der Waals surface area (Å²) in [7, 11) is 3.04. The molecule has 0 saturated heterocycles. The zero-order chi connectivity index (χ0) is 32.3. The molecule has 0 aliphatic heterocycles. The number of carbonyl (C=O) groups excluding carboxylic acids is 4. The molecule has 4 aromatic carbocycles. The average Bonchev–Trinajstić information content (AvgIpc) is 3.05. The van der Waals surface area contributed by atoms with Crippen LogP contribution in [0.4, 0.5) is 11.4 Å². The van der Waals surface area contributed by atoms with E-state index in [1.165, 1.54) is 32.9 Å². The molecule has 9 nitrogen and oxygen atoms in total. The maximum absolute atomic E-state index is 13.5. The van der Waals surface area contributed by atoms with Gasteiger partial charge in [-0.25, -0.2) is 0 Å². The van der Waals surface area contributed by atoms with E-state index in [0.717, 1.165) is 4.90 Å². The Kier molecular flexibility index (Phi) is 11.1. The van der Waals surface area contributed by atoms with Gasteiger partial charge in [-0.15, -0.1) is 11.8 Å². The second-order valence-electron chi connectivity index (χ2n) is 9.86. The van der Waals surface area contributed by atoms with Crippen molar-refractivity contribution in [1.29, 1.82) is 0 Å². The van der Waals surface area contributed by atoms with Crippen molar-refractivity contribution < 1.29 is 28.7 Å². The van der Waals surface area contributed by atoms with E-state index in [9.17, 15) is 19.2 Å². The van der Waals surface area contributed by atoms with E-state index in [4.69, 9.17) is 9.47 Å². The highest BCUT2D eigenvalue weighted by atomic mass is 32.2. The summed E-state index contributed by atoms with van der Waals surface area (Å²) in [6.07, 6.45) is 1.55. The lowest BCUT2D eigenvalue weighted by Gasteiger charge is -2.14. The molecule has 1 unspecified atom stereocenters. The van der Waals surface area contributed by atoms with Gasteiger partial charge in [-0.05, 0) is 92.2 Å². The third kappa shape index (κ3) is 9.07. The number of ether oxygens (including phenoxy) is 2. The Labute approximate surface area is 266 Å². The number of anilines is 2. The second-order valence-corrected chi connectivity index (χ2v) is 11.3. The molecule has 0 fully saturated rings. The Morgan fingerprint density at radius 1 is 0.733 bits per heavy atom. The molecule has 230 valence electrons. The molecule has 0 saturated carbocycles. The highest BCUT2D eigenvalue weighted by molar-refractivity contribution is 8.00. The molecule has 0 aromatic heterocycles. The molecular formula is C35H33N3O6S. The van der Waals surface area contributed by atoms with Crippen LogP contribution in [0.1, 0.15) is 40.1 Å². The van der Waals surface area contributed by atoms with Crippen molar-refractivity contribution in [2.24, 2.45) is 0 Å². The monoisotopic (exact) mass is 623 g/mol. The quantitative estimate of drug-likeness (QED) is 0.0944. The average molecular weight is 624 g/mol. The molecule has 0 spiro atoms. The van der Waals surface area contributed by atoms with E-state index in [1.54, 1.807) is 104 Å². The normalized spacial score (nSPS) is 11.6. The first-order chi connectivity index (χ1) is 21.7. The van der Waals surface area contributed by atoms with Gasteiger partial charge in [-0.2, -0.15) is 0 Å². The summed E-state index contributed by atoms with van der Waals surface area (Å²) in [6.45, 7) is 3.26. The number of hydrogen-bond acceptors (Lipinski definition) is 7. The molecule has 3 N–H and O–H groups in total. The summed E-state index contributed by atoms with van der Waals surface area (Å²) < 4.78 is 10.7. The van der Waals surface area contributed by atoms with Crippen molar-refractivity contribution in [2.75, 3.05) is 24.9 Å². The van der Waals surface area contributed by atoms with Crippen LogP contribution < -0.4 is 25.4 Å². The number of thioether (sulfide) groups is 1. The minimum absolute atomic E-state index is 0.0117. The van der Waals surface area contributed by atoms with Gasteiger partial charge in [0.05, 0.1) is 19.5 Å². The predicted octanol–water partition coefficient (Wildman–Crippen LogP) is 6.44. The number of methoxy groups -OCH3 is 2. The van der Waals surface area contributed by atoms with Crippen LogP contribution in [-0.4, -0.2) is 43.0 Å². The van der Waals surface area contributed by atoms with Crippen LogP contribution in [0.5, 0.6) is 11.5 Å². The van der Waals surface area contributed by atoms with Crippen molar-refractivity contribution in [3.8, 4) is 11.5 Å². The van der Waals surface area contributed by atoms with Gasteiger partial charge in [0.25, 0.3) is 11.8 Å². The van der Waals surface area contributed by atoms with Gasteiger partial charge in [-0.3, -0.25) is 19.2 Å². The van der Waals surface area contributed by atoms with Gasteiger partial charge in [0.2, 0.25) is 5.91 Å². The molecule has 1 atom stereocenters. The third-order valence-electron chi connectivity index (χ3n) is 6.58. The molecule has 45 heavy (non-hydrogen) atoms. The summed E-state index contributed by atoms with van der Waals surface area (Å²) in [4.78, 5) is 51.6. The summed E-state index contributed by atoms with van der Waals surface area (Å²) >= 11 is 1.32. The minimum Gasteiger partial charge on any atom is -0.493 e. The van der Waals surface area contributed by atoms with Crippen molar-refractivity contribution in [3.05, 3.63) is 119 Å². The second kappa shape index (κ2) is 15.4. The van der Waals surface area contributed by atoms with Gasteiger partial charge in [0, 0.05) is 27.4 Å². The van der Waals surface area contributed by atoms with Crippen molar-refractivity contribution >= 4 is 52.7 Å². The first-order valence-electron chi connectivity index (χ1n) is 14.0. The number of carbonyl (C=O) groups is 4. The van der Waals surface area contributed by atoms with Crippen LogP contribution >= 0.6 is 11.8 Å². The fraction of sp³-hybridized carbons (Fsp3) is 0.143. The smallest absolute Gasteiger partial charge is 0.272 e. The van der Waals surface area contributed by atoms with E-state index >= 15 is 0 Å². The molecular weight excluding hydrogens is 590 g/mol. The lowest BCUT2D eigenvalue weighted by Crippen LogP contribution is -2.30. The number of nitrogens with one attached hydrogen (secondary N) is 3. The fourth-order valence-electron chi connectivity index (χ4n) is 4.19. The molecule has 0 bridgehead atoms. The minimum atomic E-state index is -0.545. The van der Waals surface area contributed by atoms with Gasteiger partial charge >= 0.3 is 0 Å². The molecule has 0 aliphatic rings. The summed E-state index contributed by atoms with van der Waals surface area (Å²) in [5.41, 5.74) is 2.64. The number of rotatable bonds is 12. The standard InChI is InChI=1S/C35H33N3O6S/c1-22(39)25-14-16-27(17-15-25)36-33(40)23(2)45-29-12-8-11-28(21-29)37-35(42)30(38-34(41)26-9-6-5-7-10-26)19-24-13-18-31(43-3)32(20-24)44-4/h5-21,23H,1-4H3,(H,36,40)(H,37,42)(H,38,41)/b30-19+. The number of ketones is 1. The molecule has 3 amide bonds. The number of amides is 3. The maximum atomic E-state index is 13.5. The highest BCUT2D eigenvalue weighted by Gasteiger charge is 2.18. The van der Waals surface area contributed by atoms with Gasteiger partial charge in [-0.1, -0.05) is 30.3 Å². The molecule has 4 aromatic rings. The van der Waals surface area contributed by atoms with Crippen LogP contribution in [0.3, 0.4) is 0 Å². The van der Waals surface area contributed by atoms with E-state index in [0.29, 0.717) is 39.6 Å². The summed E-state index contributed by atoms with van der Waals surface area (Å²) in [6, 6.07) is 27.5. The van der Waals surface area contributed by atoms with Gasteiger partial charge in [0.15, 0.2) is 17.3 Å². The van der Waals surface area contributed by atoms with Crippen LogP contribution in [0.25, 0.3) is 6.08 Å². The van der Waals surface area contributed by atoms with Gasteiger partial charge in [0.1, 0.15) is 5.70 Å². The van der Waals surface area contributed by atoms with E-state index in [-0.39, 0.29) is 17.4 Å². The summed E-state index contributed by atoms with van der Waals surface area (Å²) in [5, 5.41) is 7.96. The Balaban J connectivity index is 1.50. The molecule has 0 radical (unpaired) electrons. The Hall–Kier alpha value is -5.35. The Morgan fingerprint density at radius 2 is 1.44 bits per heavy atom. The molecule has 0 heterocycles. The van der Waals surface area contributed by atoms with Crippen molar-refractivity contribution in [2.45, 2.75) is 24.0 Å². The first-order valence-corrected chi connectivity index (χ1v) is 14.8. The highest BCUT2D eigenvalue weighted by Crippen LogP contribution is 2.29. The predicted molar refractivity (Wildman–Crippen MR) is 177 cm³/mol. The number of Topliss-reactive ketones (excluding diaryl/α,β-unsaturated/α-hetero) is 1. The Bertz CT molecular complexity index is 1720. The van der Waals surface area contributed by atoms with Crippen molar-refractivity contribution in [1.82, 2.24) is 5.32 Å². The maximum Gasteiger partial charge on any atom is 0.272 e. The fourth-order valence-corrected chi connectivity index (χ4v) is 5.11. The zero-order valence-corrected chi connectivity index (χ0v) is 26.1. The van der Waals surface area contributed by atoms with Crippen LogP contribution in [0, 0.1) is 0 Å². The zero-order valence-electron chi connectivity index (χ0n) is 25.3. The summed E-state index contributed by atoms with van der Waals surface area (Å²) in [5.74, 6) is -0.262. The lowest BCUT2D eigenvalue weighted by atomic mass is 10.1. The lowest BCUT2D eigenvalue weighted by molar-refractivity contribution is -0.115. The van der Waals surface area contributed by atoms with Crippen molar-refractivity contribution in [3.63, 3.8) is 0 Å². The van der Waals surface area contributed by atoms with E-state index in [2.05, 4.69) is 16.0 Å². The number of benzene rings is 4. The SMILES string of the molecule is COc1ccc(/C=C(/NC(=O)c2ccccc2)C(=O)Nc2cccc(SC(C)C(=O)Nc3ccc(C(C)=O)cc3)c2)cc1OC. The topological polar surface area (TPSA) is 123 Å². The van der Waals surface area contributed by atoms with Crippen LogP contribution in [0.15, 0.2) is 108 Å².